The van der Waals surface area contributed by atoms with E-state index in [9.17, 15) is 34.1 Å². The van der Waals surface area contributed by atoms with Crippen molar-refractivity contribution >= 4 is 35.2 Å². The van der Waals surface area contributed by atoms with E-state index in [-0.39, 0.29) is 40.2 Å². The average molecular weight is 582 g/mol. The normalized spacial score (nSPS) is 26.1. The number of carbonyl (C=O) groups is 5. The number of carbonyl (C=O) groups excluding carboxylic acids is 5. The molecule has 43 heavy (non-hydrogen) atoms. The first kappa shape index (κ1) is 26.5. The summed E-state index contributed by atoms with van der Waals surface area (Å²) in [5, 5.41) is 12.8. The van der Waals surface area contributed by atoms with Gasteiger partial charge in [-0.3, -0.25) is 29.3 Å². The number of esters is 1. The molecule has 1 aliphatic heterocycles. The fourth-order valence-corrected chi connectivity index (χ4v) is 6.78. The molecule has 0 spiro atoms. The van der Waals surface area contributed by atoms with Crippen molar-refractivity contribution in [2.75, 3.05) is 6.54 Å². The lowest BCUT2D eigenvalue weighted by Gasteiger charge is -2.37. The number of amides is 3. The van der Waals surface area contributed by atoms with Gasteiger partial charge in [0.25, 0.3) is 23.4 Å². The summed E-state index contributed by atoms with van der Waals surface area (Å²) in [6.07, 6.45) is 6.30. The number of nitrogens with zero attached hydrogens (tertiary/aromatic N) is 3. The van der Waals surface area contributed by atoms with Crippen LogP contribution in [0.4, 0.5) is 5.69 Å². The largest absolute Gasteiger partial charge is 0.457 e. The van der Waals surface area contributed by atoms with Crippen LogP contribution in [0.1, 0.15) is 37.7 Å². The highest BCUT2D eigenvalue weighted by atomic mass is 16.6. The van der Waals surface area contributed by atoms with E-state index >= 15 is 0 Å². The van der Waals surface area contributed by atoms with E-state index in [1.807, 2.05) is 12.2 Å². The average Bonchev–Trinajstić information content (AvgIpc) is 3.58. The molecular weight excluding hydrogens is 558 g/mol. The minimum absolute atomic E-state index is 0.00186. The highest BCUT2D eigenvalue weighted by Gasteiger charge is 2.68. The number of furan rings is 1. The van der Waals surface area contributed by atoms with E-state index in [2.05, 4.69) is 0 Å². The number of Topliss-reactive ketones (excluding diaryl/α,β-unsaturated/α-hetero) is 1. The monoisotopic (exact) mass is 581 g/mol. The molecule has 4 aliphatic carbocycles. The number of ketones is 1. The zero-order valence-corrected chi connectivity index (χ0v) is 22.4. The third-order valence-electron chi connectivity index (χ3n) is 8.84. The van der Waals surface area contributed by atoms with Gasteiger partial charge in [-0.05, 0) is 78.6 Å². The molecule has 2 saturated carbocycles. The number of imide groups is 1. The first-order valence-electron chi connectivity index (χ1n) is 13.7. The van der Waals surface area contributed by atoms with Gasteiger partial charge in [-0.15, -0.1) is 0 Å². The number of hydrogen-bond donors (Lipinski definition) is 0. The van der Waals surface area contributed by atoms with Crippen molar-refractivity contribution in [1.29, 1.82) is 0 Å². The molecule has 2 aromatic carbocycles. The Hall–Kier alpha value is -5.39. The van der Waals surface area contributed by atoms with Crippen LogP contribution in [0, 0.1) is 45.6 Å². The van der Waals surface area contributed by atoms with Crippen LogP contribution in [0.2, 0.25) is 0 Å². The molecule has 1 saturated heterocycles. The molecule has 0 unspecified atom stereocenters. The van der Waals surface area contributed by atoms with Gasteiger partial charge in [0.1, 0.15) is 12.3 Å². The molecule has 8 rings (SSSR count). The molecule has 2 heterocycles. The molecule has 0 N–H and O–H groups in total. The van der Waals surface area contributed by atoms with Crippen molar-refractivity contribution in [1.82, 2.24) is 10.0 Å². The Kier molecular flexibility index (Phi) is 6.08. The van der Waals surface area contributed by atoms with Gasteiger partial charge in [0.2, 0.25) is 5.76 Å². The lowest BCUT2D eigenvalue weighted by atomic mass is 9.63. The number of rotatable bonds is 8. The van der Waals surface area contributed by atoms with Crippen molar-refractivity contribution in [2.45, 2.75) is 6.42 Å². The third kappa shape index (κ3) is 4.33. The molecule has 3 amide bonds. The summed E-state index contributed by atoms with van der Waals surface area (Å²) in [6, 6.07) is 13.3. The van der Waals surface area contributed by atoms with E-state index in [0.29, 0.717) is 11.8 Å². The van der Waals surface area contributed by atoms with Gasteiger partial charge in [0, 0.05) is 23.3 Å². The molecule has 216 valence electrons. The second-order valence-corrected chi connectivity index (χ2v) is 11.1. The maximum atomic E-state index is 13.8. The number of nitro benzene ring substituents is 1. The Bertz CT molecular complexity index is 1680. The van der Waals surface area contributed by atoms with Crippen LogP contribution in [-0.2, 0) is 9.59 Å². The number of ether oxygens (including phenoxy) is 1. The molecule has 6 atom stereocenters. The quantitative estimate of drug-likeness (QED) is 0.0736. The highest BCUT2D eigenvalue weighted by molar-refractivity contribution is 6.10. The molecule has 12 nitrogen and oxygen atoms in total. The SMILES string of the molecule is O=C(CN(C(=O)c1ccc([N+](=O)[O-])cc1)N1C(=O)[C@@H]2[C@H]3C=C[C@@H]([C@@H]4C[C@H]34)[C@@H]2C1=O)c1ccc(OC(=O)c2ccco2)cc1. The van der Waals surface area contributed by atoms with E-state index < -0.39 is 52.8 Å². The van der Waals surface area contributed by atoms with E-state index in [4.69, 9.17) is 9.15 Å². The molecule has 5 aliphatic rings. The Morgan fingerprint density at radius 1 is 0.907 bits per heavy atom. The van der Waals surface area contributed by atoms with Crippen LogP contribution in [0.25, 0.3) is 0 Å². The summed E-state index contributed by atoms with van der Waals surface area (Å²) in [5.74, 6) is -3.74. The van der Waals surface area contributed by atoms with E-state index in [0.717, 1.165) is 28.6 Å². The first-order valence-corrected chi connectivity index (χ1v) is 13.7. The Morgan fingerprint density at radius 3 is 2.07 bits per heavy atom. The number of nitro groups is 1. The van der Waals surface area contributed by atoms with Crippen LogP contribution in [0.5, 0.6) is 5.75 Å². The highest BCUT2D eigenvalue weighted by Crippen LogP contribution is 2.65. The van der Waals surface area contributed by atoms with Gasteiger partial charge < -0.3 is 9.15 Å². The van der Waals surface area contributed by atoms with Crippen LogP contribution in [0.15, 0.2) is 83.5 Å². The maximum Gasteiger partial charge on any atom is 0.379 e. The van der Waals surface area contributed by atoms with Crippen molar-refractivity contribution in [2.24, 2.45) is 35.5 Å². The molecule has 3 aromatic rings. The summed E-state index contributed by atoms with van der Waals surface area (Å²) in [6.45, 7) is -0.645. The minimum atomic E-state index is -0.821. The number of allylic oxidation sites excluding steroid dienone is 2. The zero-order chi connectivity index (χ0) is 30.0. The standard InChI is InChI=1S/C31H23N3O9/c35-24(16-5-9-19(10-6-16)43-31(39)25-2-1-13-42-25)15-32(28(36)17-3-7-18(8-4-17)34(40)41)33-29(37)26-20-11-12-21(23-14-22(20)23)27(26)30(33)38/h1-13,20-23,26-27H,14-15H2/t20-,21-,22-,23+,26-,27+/m0/s1. The smallest absolute Gasteiger partial charge is 0.379 e. The Balaban J connectivity index is 1.16. The fraction of sp³-hybridized carbons (Fsp3) is 0.258. The summed E-state index contributed by atoms with van der Waals surface area (Å²) >= 11 is 0. The van der Waals surface area contributed by atoms with Gasteiger partial charge in [0.05, 0.1) is 23.0 Å². The molecular formula is C31H23N3O9. The molecule has 3 fully saturated rings. The summed E-state index contributed by atoms with van der Waals surface area (Å²) in [4.78, 5) is 77.6. The maximum absolute atomic E-state index is 13.8. The minimum Gasteiger partial charge on any atom is -0.457 e. The van der Waals surface area contributed by atoms with Crippen LogP contribution in [0.3, 0.4) is 0 Å². The fourth-order valence-electron chi connectivity index (χ4n) is 6.78. The van der Waals surface area contributed by atoms with E-state index in [1.165, 1.54) is 54.8 Å². The number of non-ortho nitro benzene ring substituents is 1. The number of benzene rings is 2. The lowest BCUT2D eigenvalue weighted by Crippen LogP contribution is -2.52. The first-order chi connectivity index (χ1) is 20.7. The molecule has 0 radical (unpaired) electrons. The summed E-state index contributed by atoms with van der Waals surface area (Å²) < 4.78 is 10.3. The van der Waals surface area contributed by atoms with Crippen molar-refractivity contribution in [3.05, 3.63) is 106 Å². The lowest BCUT2D eigenvalue weighted by molar-refractivity contribution is -0.384. The van der Waals surface area contributed by atoms with Crippen molar-refractivity contribution < 1.29 is 38.1 Å². The molecule has 1 aromatic heterocycles. The van der Waals surface area contributed by atoms with Gasteiger partial charge in [0.15, 0.2) is 5.78 Å². The Labute approximate surface area is 243 Å². The zero-order valence-electron chi connectivity index (χ0n) is 22.4. The van der Waals surface area contributed by atoms with Gasteiger partial charge in [-0.1, -0.05) is 12.2 Å². The summed E-state index contributed by atoms with van der Waals surface area (Å²) in [7, 11) is 0. The van der Waals surface area contributed by atoms with Crippen molar-refractivity contribution in [3.63, 3.8) is 0 Å². The molecule has 2 bridgehead atoms. The van der Waals surface area contributed by atoms with E-state index in [1.54, 1.807) is 0 Å². The van der Waals surface area contributed by atoms with Crippen LogP contribution < -0.4 is 4.74 Å². The van der Waals surface area contributed by atoms with Crippen molar-refractivity contribution in [3.8, 4) is 5.75 Å². The predicted molar refractivity (Wildman–Crippen MR) is 145 cm³/mol. The second-order valence-electron chi connectivity index (χ2n) is 11.1. The van der Waals surface area contributed by atoms with Crippen LogP contribution >= 0.6 is 0 Å². The van der Waals surface area contributed by atoms with Gasteiger partial charge in [-0.25, -0.2) is 9.80 Å². The molecule has 12 heteroatoms. The third-order valence-corrected chi connectivity index (χ3v) is 8.84. The van der Waals surface area contributed by atoms with Crippen LogP contribution in [-0.4, -0.2) is 51.0 Å². The predicted octanol–water partition coefficient (Wildman–Crippen LogP) is 3.70. The number of hydrogen-bond acceptors (Lipinski definition) is 9. The Morgan fingerprint density at radius 2 is 1.51 bits per heavy atom. The second kappa shape index (κ2) is 9.86. The topological polar surface area (TPSA) is 157 Å². The van der Waals surface area contributed by atoms with Gasteiger partial charge in [-0.2, -0.15) is 5.01 Å². The summed E-state index contributed by atoms with van der Waals surface area (Å²) in [5.41, 5.74) is -0.134. The number of hydrazine groups is 1. The van der Waals surface area contributed by atoms with Gasteiger partial charge >= 0.3 is 5.97 Å².